The molecule has 0 radical (unpaired) electrons. The third-order valence-electron chi connectivity index (χ3n) is 4.06. The van der Waals surface area contributed by atoms with Crippen molar-refractivity contribution in [2.45, 2.75) is 37.8 Å². The minimum Gasteiger partial charge on any atom is -0.311 e. The highest BCUT2D eigenvalue weighted by atomic mass is 15.2. The minimum absolute atomic E-state index is 0.800. The summed E-state index contributed by atoms with van der Waals surface area (Å²) in [7, 11) is 0. The van der Waals surface area contributed by atoms with Crippen LogP contribution >= 0.6 is 0 Å². The molecule has 4 aliphatic rings. The first kappa shape index (κ1) is 8.93. The Bertz CT molecular complexity index is 220. The summed E-state index contributed by atoms with van der Waals surface area (Å²) in [6.07, 6.45) is 10.2. The van der Waals surface area contributed by atoms with Gasteiger partial charge in [-0.2, -0.15) is 0 Å². The van der Waals surface area contributed by atoms with E-state index in [9.17, 15) is 0 Å². The maximum atomic E-state index is 3.62. The first-order valence-corrected chi connectivity index (χ1v) is 6.04. The van der Waals surface area contributed by atoms with Gasteiger partial charge in [0.25, 0.3) is 0 Å². The van der Waals surface area contributed by atoms with Gasteiger partial charge in [0.1, 0.15) is 0 Å². The Morgan fingerprint density at radius 3 is 2.64 bits per heavy atom. The second-order valence-electron chi connectivity index (χ2n) is 5.10. The first-order chi connectivity index (χ1) is 6.92. The van der Waals surface area contributed by atoms with Gasteiger partial charge in [0, 0.05) is 31.7 Å². The molecule has 2 nitrogen and oxygen atoms in total. The maximum absolute atomic E-state index is 3.62. The molecule has 0 aromatic rings. The zero-order valence-corrected chi connectivity index (χ0v) is 8.78. The van der Waals surface area contributed by atoms with Crippen LogP contribution in [0, 0.1) is 5.92 Å². The van der Waals surface area contributed by atoms with Crippen LogP contribution < -0.4 is 5.32 Å². The van der Waals surface area contributed by atoms with Crippen LogP contribution in [0.25, 0.3) is 0 Å². The Kier molecular flexibility index (Phi) is 2.34. The second-order valence-corrected chi connectivity index (χ2v) is 5.10. The molecule has 1 aliphatic carbocycles. The van der Waals surface area contributed by atoms with Crippen molar-refractivity contribution in [3.8, 4) is 0 Å². The molecule has 3 fully saturated rings. The van der Waals surface area contributed by atoms with Crippen molar-refractivity contribution in [3.05, 3.63) is 12.2 Å². The van der Waals surface area contributed by atoms with Gasteiger partial charge in [0.2, 0.25) is 0 Å². The summed E-state index contributed by atoms with van der Waals surface area (Å²) in [4.78, 5) is 2.74. The molecular formula is C12H20N2. The van der Waals surface area contributed by atoms with Gasteiger partial charge in [0.15, 0.2) is 0 Å². The summed E-state index contributed by atoms with van der Waals surface area (Å²) >= 11 is 0. The third kappa shape index (κ3) is 1.61. The molecule has 14 heavy (non-hydrogen) atoms. The summed E-state index contributed by atoms with van der Waals surface area (Å²) in [6.45, 7) is 3.89. The second kappa shape index (κ2) is 3.67. The molecule has 0 saturated carbocycles. The molecule has 3 aliphatic heterocycles. The molecule has 0 amide bonds. The van der Waals surface area contributed by atoms with E-state index in [4.69, 9.17) is 0 Å². The van der Waals surface area contributed by atoms with Gasteiger partial charge >= 0.3 is 0 Å². The van der Waals surface area contributed by atoms with Gasteiger partial charge in [-0.1, -0.05) is 12.2 Å². The molecule has 2 atom stereocenters. The molecule has 78 valence electrons. The summed E-state index contributed by atoms with van der Waals surface area (Å²) in [6, 6.07) is 1.65. The summed E-state index contributed by atoms with van der Waals surface area (Å²) in [5, 5.41) is 3.62. The van der Waals surface area contributed by atoms with Crippen molar-refractivity contribution in [1.29, 1.82) is 0 Å². The summed E-state index contributed by atoms with van der Waals surface area (Å²) < 4.78 is 0. The van der Waals surface area contributed by atoms with Crippen LogP contribution in [0.1, 0.15) is 25.7 Å². The van der Waals surface area contributed by atoms with E-state index < -0.39 is 0 Å². The molecule has 0 aromatic carbocycles. The number of rotatable bonds is 2. The fraction of sp³-hybridized carbons (Fsp3) is 0.833. The predicted molar refractivity (Wildman–Crippen MR) is 58.2 cm³/mol. The topological polar surface area (TPSA) is 15.3 Å². The lowest BCUT2D eigenvalue weighted by Gasteiger charge is -2.46. The molecule has 0 spiro atoms. The molecule has 1 N–H and O–H groups in total. The van der Waals surface area contributed by atoms with E-state index >= 15 is 0 Å². The molecule has 3 saturated heterocycles. The zero-order valence-electron chi connectivity index (χ0n) is 8.78. The predicted octanol–water partition coefficient (Wildman–Crippen LogP) is 1.39. The largest absolute Gasteiger partial charge is 0.311 e. The number of allylic oxidation sites excluding steroid dienone is 2. The van der Waals surface area contributed by atoms with E-state index in [1.165, 1.54) is 45.3 Å². The molecule has 2 unspecified atom stereocenters. The van der Waals surface area contributed by atoms with Crippen molar-refractivity contribution in [3.63, 3.8) is 0 Å². The van der Waals surface area contributed by atoms with Crippen molar-refractivity contribution in [2.24, 2.45) is 5.92 Å². The van der Waals surface area contributed by atoms with E-state index in [0.29, 0.717) is 0 Å². The molecule has 4 rings (SSSR count). The lowest BCUT2D eigenvalue weighted by atomic mass is 9.91. The summed E-state index contributed by atoms with van der Waals surface area (Å²) in [5.74, 6) is 0.925. The van der Waals surface area contributed by atoms with Crippen LogP contribution in [0.15, 0.2) is 12.2 Å². The molecular weight excluding hydrogens is 172 g/mol. The van der Waals surface area contributed by atoms with Gasteiger partial charge in [-0.3, -0.25) is 4.90 Å². The lowest BCUT2D eigenvalue weighted by Crippen LogP contribution is -2.61. The zero-order chi connectivity index (χ0) is 9.38. The highest BCUT2D eigenvalue weighted by Gasteiger charge is 2.34. The number of hydrogen-bond acceptors (Lipinski definition) is 2. The van der Waals surface area contributed by atoms with Gasteiger partial charge in [-0.15, -0.1) is 0 Å². The quantitative estimate of drug-likeness (QED) is 0.665. The summed E-state index contributed by atoms with van der Waals surface area (Å²) in [5.41, 5.74) is 0. The van der Waals surface area contributed by atoms with Crippen LogP contribution in [-0.2, 0) is 0 Å². The Balaban J connectivity index is 1.57. The van der Waals surface area contributed by atoms with Gasteiger partial charge in [0.05, 0.1) is 0 Å². The standard InChI is InChI=1S/C12H20N2/c1-2-4-10(3-1)8-14-9-11-5-6-12(14)7-13-11/h1-2,10-13H,3-9H2. The van der Waals surface area contributed by atoms with E-state index in [0.717, 1.165) is 18.0 Å². The van der Waals surface area contributed by atoms with Gasteiger partial charge in [-0.25, -0.2) is 0 Å². The molecule has 2 heteroatoms. The van der Waals surface area contributed by atoms with Crippen LogP contribution in [0.5, 0.6) is 0 Å². The number of nitrogens with one attached hydrogen (secondary N) is 1. The average molecular weight is 192 g/mol. The Labute approximate surface area is 86.4 Å². The maximum Gasteiger partial charge on any atom is 0.0222 e. The fourth-order valence-corrected chi connectivity index (χ4v) is 3.18. The monoisotopic (exact) mass is 192 g/mol. The smallest absolute Gasteiger partial charge is 0.0222 e. The number of piperidine rings is 2. The van der Waals surface area contributed by atoms with E-state index in [1.807, 2.05) is 0 Å². The van der Waals surface area contributed by atoms with Crippen molar-refractivity contribution in [2.75, 3.05) is 19.6 Å². The Morgan fingerprint density at radius 2 is 2.07 bits per heavy atom. The van der Waals surface area contributed by atoms with Crippen LogP contribution in [0.3, 0.4) is 0 Å². The fourth-order valence-electron chi connectivity index (χ4n) is 3.18. The third-order valence-corrected chi connectivity index (χ3v) is 4.06. The highest BCUT2D eigenvalue weighted by molar-refractivity contribution is 4.98. The van der Waals surface area contributed by atoms with E-state index in [2.05, 4.69) is 22.4 Å². The lowest BCUT2D eigenvalue weighted by molar-refractivity contribution is 0.0621. The SMILES string of the molecule is C1=CCC(CN2CC3CCC2CN3)C1. The minimum atomic E-state index is 0.800. The molecule has 3 heterocycles. The van der Waals surface area contributed by atoms with Crippen LogP contribution in [0.4, 0.5) is 0 Å². The number of hydrogen-bond donors (Lipinski definition) is 1. The Morgan fingerprint density at radius 1 is 1.21 bits per heavy atom. The number of fused-ring (bicyclic) bond motifs is 3. The first-order valence-electron chi connectivity index (χ1n) is 6.04. The van der Waals surface area contributed by atoms with Crippen LogP contribution in [-0.4, -0.2) is 36.6 Å². The molecule has 2 bridgehead atoms. The van der Waals surface area contributed by atoms with Gasteiger partial charge < -0.3 is 5.32 Å². The van der Waals surface area contributed by atoms with Gasteiger partial charge in [-0.05, 0) is 31.6 Å². The normalized spacial score (nSPS) is 38.3. The van der Waals surface area contributed by atoms with Crippen molar-refractivity contribution < 1.29 is 0 Å². The number of nitrogens with zero attached hydrogens (tertiary/aromatic N) is 1. The Hall–Kier alpha value is -0.340. The number of piperazine rings is 1. The molecule has 0 aromatic heterocycles. The van der Waals surface area contributed by atoms with E-state index in [1.54, 1.807) is 0 Å². The highest BCUT2D eigenvalue weighted by Crippen LogP contribution is 2.26. The average Bonchev–Trinajstić information content (AvgIpc) is 2.72. The van der Waals surface area contributed by atoms with Crippen molar-refractivity contribution >= 4 is 0 Å². The van der Waals surface area contributed by atoms with E-state index in [-0.39, 0.29) is 0 Å². The van der Waals surface area contributed by atoms with Crippen LogP contribution in [0.2, 0.25) is 0 Å². The van der Waals surface area contributed by atoms with Crippen molar-refractivity contribution in [1.82, 2.24) is 10.2 Å².